The molecule has 22 heavy (non-hydrogen) atoms. The van der Waals surface area contributed by atoms with Gasteiger partial charge >= 0.3 is 5.97 Å². The molecule has 0 aromatic carbocycles. The molecule has 0 aromatic rings. The van der Waals surface area contributed by atoms with E-state index < -0.39 is 12.0 Å². The van der Waals surface area contributed by atoms with Crippen LogP contribution in [0.25, 0.3) is 0 Å². The fourth-order valence-corrected chi connectivity index (χ4v) is 2.82. The minimum Gasteiger partial charge on any atom is -0.480 e. The maximum atomic E-state index is 12.0. The van der Waals surface area contributed by atoms with Gasteiger partial charge in [0.2, 0.25) is 11.8 Å². The van der Waals surface area contributed by atoms with Gasteiger partial charge in [0.15, 0.2) is 0 Å². The SMILES string of the molecule is CC(C)CC(NC(=O)CC(C)NC(=O)C1CCCC1)C(=O)O. The summed E-state index contributed by atoms with van der Waals surface area (Å²) < 4.78 is 0. The zero-order valence-corrected chi connectivity index (χ0v) is 13.7. The molecule has 1 fully saturated rings. The summed E-state index contributed by atoms with van der Waals surface area (Å²) in [5, 5.41) is 14.5. The van der Waals surface area contributed by atoms with Crippen LogP contribution in [0.15, 0.2) is 0 Å². The van der Waals surface area contributed by atoms with Crippen molar-refractivity contribution in [3.63, 3.8) is 0 Å². The molecule has 3 N–H and O–H groups in total. The molecule has 0 spiro atoms. The molecule has 0 aromatic heterocycles. The fourth-order valence-electron chi connectivity index (χ4n) is 2.82. The summed E-state index contributed by atoms with van der Waals surface area (Å²) in [7, 11) is 0. The Bertz CT molecular complexity index is 403. The first-order valence-electron chi connectivity index (χ1n) is 8.12. The average molecular weight is 312 g/mol. The van der Waals surface area contributed by atoms with Crippen LogP contribution in [0.4, 0.5) is 0 Å². The van der Waals surface area contributed by atoms with Crippen molar-refractivity contribution in [1.82, 2.24) is 10.6 Å². The molecule has 2 amide bonds. The molecule has 0 saturated heterocycles. The van der Waals surface area contributed by atoms with Crippen LogP contribution in [-0.4, -0.2) is 35.0 Å². The van der Waals surface area contributed by atoms with Gasteiger partial charge in [0.05, 0.1) is 0 Å². The number of hydrogen-bond donors (Lipinski definition) is 3. The lowest BCUT2D eigenvalue weighted by Gasteiger charge is -2.19. The lowest BCUT2D eigenvalue weighted by molar-refractivity contribution is -0.142. The lowest BCUT2D eigenvalue weighted by atomic mass is 10.0. The van der Waals surface area contributed by atoms with Gasteiger partial charge in [-0.25, -0.2) is 4.79 Å². The van der Waals surface area contributed by atoms with E-state index in [0.717, 1.165) is 25.7 Å². The van der Waals surface area contributed by atoms with Crippen LogP contribution in [0.3, 0.4) is 0 Å². The number of carbonyl (C=O) groups is 3. The first-order chi connectivity index (χ1) is 10.3. The molecule has 2 unspecified atom stereocenters. The third kappa shape index (κ3) is 6.45. The van der Waals surface area contributed by atoms with E-state index in [2.05, 4.69) is 10.6 Å². The third-order valence-electron chi connectivity index (χ3n) is 3.95. The summed E-state index contributed by atoms with van der Waals surface area (Å²) >= 11 is 0. The molecule has 6 nitrogen and oxygen atoms in total. The fraction of sp³-hybridized carbons (Fsp3) is 0.812. The Morgan fingerprint density at radius 3 is 2.18 bits per heavy atom. The van der Waals surface area contributed by atoms with Crippen LogP contribution in [0.5, 0.6) is 0 Å². The molecule has 1 saturated carbocycles. The van der Waals surface area contributed by atoms with Crippen molar-refractivity contribution in [1.29, 1.82) is 0 Å². The van der Waals surface area contributed by atoms with Crippen LogP contribution in [0.1, 0.15) is 59.3 Å². The van der Waals surface area contributed by atoms with Crippen molar-refractivity contribution in [3.05, 3.63) is 0 Å². The van der Waals surface area contributed by atoms with Crippen LogP contribution in [0.2, 0.25) is 0 Å². The molecule has 1 aliphatic carbocycles. The van der Waals surface area contributed by atoms with Gasteiger partial charge in [-0.3, -0.25) is 9.59 Å². The number of carbonyl (C=O) groups excluding carboxylic acids is 2. The summed E-state index contributed by atoms with van der Waals surface area (Å²) in [6, 6.07) is -1.16. The largest absolute Gasteiger partial charge is 0.480 e. The van der Waals surface area contributed by atoms with Crippen LogP contribution >= 0.6 is 0 Å². The van der Waals surface area contributed by atoms with Crippen molar-refractivity contribution in [2.24, 2.45) is 11.8 Å². The molecule has 2 atom stereocenters. The Morgan fingerprint density at radius 2 is 1.68 bits per heavy atom. The summed E-state index contributed by atoms with van der Waals surface area (Å²) in [4.78, 5) is 35.0. The van der Waals surface area contributed by atoms with E-state index in [-0.39, 0.29) is 36.1 Å². The first-order valence-corrected chi connectivity index (χ1v) is 8.12. The predicted octanol–water partition coefficient (Wildman–Crippen LogP) is 1.69. The quantitative estimate of drug-likeness (QED) is 0.635. The number of carboxylic acid groups (broad SMARTS) is 1. The monoisotopic (exact) mass is 312 g/mol. The van der Waals surface area contributed by atoms with Crippen molar-refractivity contribution in [2.75, 3.05) is 0 Å². The third-order valence-corrected chi connectivity index (χ3v) is 3.95. The van der Waals surface area contributed by atoms with E-state index in [4.69, 9.17) is 5.11 Å². The van der Waals surface area contributed by atoms with Crippen molar-refractivity contribution in [3.8, 4) is 0 Å². The van der Waals surface area contributed by atoms with Crippen molar-refractivity contribution in [2.45, 2.75) is 71.4 Å². The second-order valence-corrected chi connectivity index (χ2v) is 6.68. The maximum absolute atomic E-state index is 12.0. The van der Waals surface area contributed by atoms with Gasteiger partial charge in [-0.05, 0) is 32.1 Å². The average Bonchev–Trinajstić information content (AvgIpc) is 2.90. The molecular weight excluding hydrogens is 284 g/mol. The van der Waals surface area contributed by atoms with Crippen molar-refractivity contribution < 1.29 is 19.5 Å². The van der Waals surface area contributed by atoms with E-state index in [9.17, 15) is 14.4 Å². The second-order valence-electron chi connectivity index (χ2n) is 6.68. The Morgan fingerprint density at radius 1 is 1.09 bits per heavy atom. The van der Waals surface area contributed by atoms with E-state index in [1.807, 2.05) is 13.8 Å². The van der Waals surface area contributed by atoms with Gasteiger partial charge in [-0.2, -0.15) is 0 Å². The Balaban J connectivity index is 2.38. The maximum Gasteiger partial charge on any atom is 0.326 e. The number of amides is 2. The number of rotatable bonds is 8. The van der Waals surface area contributed by atoms with Gasteiger partial charge in [0, 0.05) is 18.4 Å². The van der Waals surface area contributed by atoms with E-state index in [0.29, 0.717) is 6.42 Å². The van der Waals surface area contributed by atoms with E-state index >= 15 is 0 Å². The van der Waals surface area contributed by atoms with Gasteiger partial charge < -0.3 is 15.7 Å². The summed E-state index contributed by atoms with van der Waals surface area (Å²) in [6.07, 6.45) is 4.50. The molecule has 1 aliphatic rings. The molecule has 6 heteroatoms. The molecule has 0 heterocycles. The number of hydrogen-bond acceptors (Lipinski definition) is 3. The van der Waals surface area contributed by atoms with E-state index in [1.54, 1.807) is 6.92 Å². The van der Waals surface area contributed by atoms with Crippen LogP contribution in [-0.2, 0) is 14.4 Å². The summed E-state index contributed by atoms with van der Waals surface area (Å²) in [5.41, 5.74) is 0. The molecule has 126 valence electrons. The number of carboxylic acids is 1. The van der Waals surface area contributed by atoms with Crippen molar-refractivity contribution >= 4 is 17.8 Å². The van der Waals surface area contributed by atoms with Crippen LogP contribution in [0, 0.1) is 11.8 Å². The smallest absolute Gasteiger partial charge is 0.326 e. The van der Waals surface area contributed by atoms with E-state index in [1.165, 1.54) is 0 Å². The predicted molar refractivity (Wildman–Crippen MR) is 83.2 cm³/mol. The standard InChI is InChI=1S/C16H28N2O4/c1-10(2)8-13(16(21)22)18-14(19)9-11(3)17-15(20)12-6-4-5-7-12/h10-13H,4-9H2,1-3H3,(H,17,20)(H,18,19)(H,21,22). The van der Waals surface area contributed by atoms with Gasteiger partial charge in [0.25, 0.3) is 0 Å². The number of aliphatic carboxylic acids is 1. The molecule has 1 rings (SSSR count). The highest BCUT2D eigenvalue weighted by molar-refractivity contribution is 5.84. The second kappa shape index (κ2) is 8.76. The van der Waals surface area contributed by atoms with Gasteiger partial charge in [-0.1, -0.05) is 26.7 Å². The number of nitrogens with one attached hydrogen (secondary N) is 2. The Kier molecular flexibility index (Phi) is 7.35. The highest BCUT2D eigenvalue weighted by Gasteiger charge is 2.25. The van der Waals surface area contributed by atoms with Gasteiger partial charge in [0.1, 0.15) is 6.04 Å². The normalized spacial score (nSPS) is 18.0. The Hall–Kier alpha value is -1.59. The molecular formula is C16H28N2O4. The van der Waals surface area contributed by atoms with Gasteiger partial charge in [-0.15, -0.1) is 0 Å². The highest BCUT2D eigenvalue weighted by Crippen LogP contribution is 2.24. The molecule has 0 bridgehead atoms. The highest BCUT2D eigenvalue weighted by atomic mass is 16.4. The minimum absolute atomic E-state index is 0.00904. The Labute approximate surface area is 132 Å². The van der Waals surface area contributed by atoms with Crippen LogP contribution < -0.4 is 10.6 Å². The summed E-state index contributed by atoms with van der Waals surface area (Å²) in [6.45, 7) is 5.59. The first kappa shape index (κ1) is 18.5. The zero-order valence-electron chi connectivity index (χ0n) is 13.7. The zero-order chi connectivity index (χ0) is 16.7. The lowest BCUT2D eigenvalue weighted by Crippen LogP contribution is -2.45. The summed E-state index contributed by atoms with van der Waals surface area (Å²) in [5.74, 6) is -1.11. The minimum atomic E-state index is -1.02. The molecule has 0 aliphatic heterocycles. The molecule has 0 radical (unpaired) electrons. The topological polar surface area (TPSA) is 95.5 Å².